The quantitative estimate of drug-likeness (QED) is 0.0621. The predicted molar refractivity (Wildman–Crippen MR) is 148 cm³/mol. The predicted octanol–water partition coefficient (Wildman–Crippen LogP) is -3.53. The molecule has 5 rings (SSSR count). The van der Waals surface area contributed by atoms with Crippen molar-refractivity contribution in [1.29, 1.82) is 0 Å². The van der Waals surface area contributed by atoms with E-state index in [-0.39, 0.29) is 22.5 Å². The Morgan fingerprint density at radius 2 is 1.71 bits per heavy atom. The molecule has 1 amide bonds. The molecule has 2 saturated heterocycles. The number of hydrogen-bond acceptors (Lipinski definition) is 18. The second-order valence-corrected chi connectivity index (χ2v) is 14.4. The number of carbonyl (C=O) groups is 1. The molecule has 2 aliphatic rings. The van der Waals surface area contributed by atoms with E-state index in [2.05, 4.69) is 32.8 Å². The molecule has 3 aromatic heterocycles. The van der Waals surface area contributed by atoms with Gasteiger partial charge in [-0.25, -0.2) is 28.4 Å². The van der Waals surface area contributed by atoms with Crippen molar-refractivity contribution in [2.24, 2.45) is 5.73 Å². The number of anilines is 1. The summed E-state index contributed by atoms with van der Waals surface area (Å²) in [6.07, 6.45) is -8.59. The van der Waals surface area contributed by atoms with E-state index in [1.54, 1.807) is 0 Å². The van der Waals surface area contributed by atoms with Gasteiger partial charge in [-0.2, -0.15) is 4.57 Å². The number of ether oxygens (including phenoxy) is 2. The lowest BCUT2D eigenvalue weighted by Gasteiger charge is -2.26. The highest BCUT2D eigenvalue weighted by atomic mass is 31.3. The third-order valence-electron chi connectivity index (χ3n) is 6.97. The van der Waals surface area contributed by atoms with Gasteiger partial charge in [0, 0.05) is 6.07 Å². The van der Waals surface area contributed by atoms with E-state index in [0.717, 1.165) is 17.2 Å². The lowest BCUT2D eigenvalue weighted by atomic mass is 10.1. The number of fused-ring (bicyclic) bond motifs is 1. The van der Waals surface area contributed by atoms with Crippen molar-refractivity contribution < 1.29 is 85.3 Å². The first-order valence-electron chi connectivity index (χ1n) is 13.3. The summed E-state index contributed by atoms with van der Waals surface area (Å²) in [5.41, 5.74) is 11.1. The van der Waals surface area contributed by atoms with Gasteiger partial charge in [0.2, 0.25) is 0 Å². The van der Waals surface area contributed by atoms with Gasteiger partial charge in [-0.3, -0.25) is 23.0 Å². The van der Waals surface area contributed by atoms with Gasteiger partial charge in [0.05, 0.1) is 19.5 Å². The Bertz CT molecular complexity index is 1810. The number of nitrogens with two attached hydrogens (primary N) is 2. The molecular formula is C21H28N7O17P3. The normalized spacial score (nSPS) is 30.3. The molecule has 10 N–H and O–H groups in total. The van der Waals surface area contributed by atoms with E-state index in [1.165, 1.54) is 29.1 Å². The van der Waals surface area contributed by atoms with Crippen molar-refractivity contribution >= 4 is 46.4 Å². The number of pyridine rings is 1. The Hall–Kier alpha value is -2.86. The Labute approximate surface area is 267 Å². The van der Waals surface area contributed by atoms with Gasteiger partial charge in [-0.05, 0) is 6.07 Å². The number of carbonyl (C=O) groups excluding carboxylic acids is 1. The fourth-order valence-electron chi connectivity index (χ4n) is 4.82. The number of aliphatic hydroxyl groups excluding tert-OH is 3. The third kappa shape index (κ3) is 8.12. The van der Waals surface area contributed by atoms with Crippen LogP contribution in [-0.2, 0) is 41.1 Å². The van der Waals surface area contributed by atoms with Crippen LogP contribution in [0.15, 0.2) is 37.2 Å². The van der Waals surface area contributed by atoms with Crippen LogP contribution in [0.25, 0.3) is 11.2 Å². The summed E-state index contributed by atoms with van der Waals surface area (Å²) in [4.78, 5) is 64.4. The molecule has 5 heterocycles. The Morgan fingerprint density at radius 3 is 2.40 bits per heavy atom. The number of phosphoric acid groups is 3. The number of aliphatic hydroxyl groups is 3. The fraction of sp³-hybridized carbons (Fsp3) is 0.476. The fourth-order valence-corrected chi connectivity index (χ4v) is 7.42. The van der Waals surface area contributed by atoms with Gasteiger partial charge in [-0.15, -0.1) is 0 Å². The topological polar surface area (TPSA) is 368 Å². The van der Waals surface area contributed by atoms with Crippen molar-refractivity contribution in [2.45, 2.75) is 49.1 Å². The molecule has 0 spiro atoms. The second-order valence-electron chi connectivity index (χ2n) is 10.2. The summed E-state index contributed by atoms with van der Waals surface area (Å²) in [5.74, 6) is -0.862. The summed E-state index contributed by atoms with van der Waals surface area (Å²) in [6, 6.07) is 2.77. The molecular weight excluding hydrogens is 715 g/mol. The Balaban J connectivity index is 1.21. The number of aromatic nitrogens is 5. The lowest BCUT2D eigenvalue weighted by Crippen LogP contribution is -2.46. The monoisotopic (exact) mass is 743 g/mol. The van der Waals surface area contributed by atoms with Crippen LogP contribution in [0.5, 0.6) is 0 Å². The summed E-state index contributed by atoms with van der Waals surface area (Å²) in [6.45, 7) is -2.12. The first-order chi connectivity index (χ1) is 22.4. The average Bonchev–Trinajstić information content (AvgIpc) is 3.64. The van der Waals surface area contributed by atoms with E-state index < -0.39 is 91.7 Å². The van der Waals surface area contributed by atoms with Gasteiger partial charge in [0.1, 0.15) is 47.9 Å². The molecule has 264 valence electrons. The van der Waals surface area contributed by atoms with Gasteiger partial charge < -0.3 is 60.4 Å². The van der Waals surface area contributed by atoms with Crippen LogP contribution < -0.4 is 20.9 Å². The zero-order valence-corrected chi connectivity index (χ0v) is 26.6. The van der Waals surface area contributed by atoms with Gasteiger partial charge >= 0.3 is 15.6 Å². The minimum Gasteiger partial charge on any atom is -0.756 e. The third-order valence-corrected chi connectivity index (χ3v) is 10.1. The SMILES string of the molecule is NC(=O)c1ccc[n+]([C@@H]2OC(COP(=O)([O-])OP(=O)(O)OCC3OC(n4cnc5c(N)ncnc54)C(OP(=O)(O)O)C3O)C(O)C2O)c1. The summed E-state index contributed by atoms with van der Waals surface area (Å²) < 4.78 is 67.9. The summed E-state index contributed by atoms with van der Waals surface area (Å²) in [7, 11) is -16.6. The Morgan fingerprint density at radius 1 is 1.02 bits per heavy atom. The van der Waals surface area contributed by atoms with E-state index in [1.807, 2.05) is 0 Å². The van der Waals surface area contributed by atoms with Crippen LogP contribution in [0.3, 0.4) is 0 Å². The van der Waals surface area contributed by atoms with Crippen LogP contribution in [0, 0.1) is 0 Å². The molecule has 48 heavy (non-hydrogen) atoms. The maximum Gasteiger partial charge on any atom is 0.478 e. The molecule has 10 atom stereocenters. The van der Waals surface area contributed by atoms with Gasteiger partial charge in [0.25, 0.3) is 20.0 Å². The minimum absolute atomic E-state index is 0.00541. The van der Waals surface area contributed by atoms with E-state index in [9.17, 15) is 53.4 Å². The number of nitrogen functional groups attached to an aromatic ring is 1. The van der Waals surface area contributed by atoms with Crippen molar-refractivity contribution in [1.82, 2.24) is 19.5 Å². The maximum absolute atomic E-state index is 12.5. The summed E-state index contributed by atoms with van der Waals surface area (Å²) in [5, 5.41) is 31.5. The van der Waals surface area contributed by atoms with E-state index in [0.29, 0.717) is 0 Å². The van der Waals surface area contributed by atoms with Crippen LogP contribution in [0.1, 0.15) is 22.8 Å². The highest BCUT2D eigenvalue weighted by molar-refractivity contribution is 7.60. The van der Waals surface area contributed by atoms with Crippen LogP contribution in [0.2, 0.25) is 0 Å². The Kier molecular flexibility index (Phi) is 10.5. The molecule has 2 fully saturated rings. The summed E-state index contributed by atoms with van der Waals surface area (Å²) >= 11 is 0. The maximum atomic E-state index is 12.5. The van der Waals surface area contributed by atoms with Gasteiger partial charge in [0.15, 0.2) is 36.2 Å². The van der Waals surface area contributed by atoms with Crippen LogP contribution in [-0.4, -0.2) is 105 Å². The molecule has 24 nitrogen and oxygen atoms in total. The zero-order chi connectivity index (χ0) is 35.2. The highest BCUT2D eigenvalue weighted by Crippen LogP contribution is 2.58. The second kappa shape index (κ2) is 13.8. The van der Waals surface area contributed by atoms with Crippen LogP contribution >= 0.6 is 23.5 Å². The average molecular weight is 743 g/mol. The minimum atomic E-state index is -5.72. The van der Waals surface area contributed by atoms with E-state index >= 15 is 0 Å². The smallest absolute Gasteiger partial charge is 0.478 e. The first kappa shape index (κ1) is 36.4. The molecule has 0 radical (unpaired) electrons. The molecule has 27 heteroatoms. The van der Waals surface area contributed by atoms with Crippen molar-refractivity contribution in [2.75, 3.05) is 18.9 Å². The highest BCUT2D eigenvalue weighted by Gasteiger charge is 2.51. The number of rotatable bonds is 13. The number of phosphoric ester groups is 3. The number of imidazole rings is 1. The van der Waals surface area contributed by atoms with Gasteiger partial charge in [-0.1, -0.05) is 0 Å². The zero-order valence-electron chi connectivity index (χ0n) is 23.9. The largest absolute Gasteiger partial charge is 0.756 e. The molecule has 3 aromatic rings. The molecule has 0 aromatic carbocycles. The van der Waals surface area contributed by atoms with Crippen molar-refractivity contribution in [3.63, 3.8) is 0 Å². The van der Waals surface area contributed by atoms with E-state index in [4.69, 9.17) is 20.9 Å². The molecule has 9 unspecified atom stereocenters. The number of hydrogen-bond donors (Lipinski definition) is 8. The first-order valence-corrected chi connectivity index (χ1v) is 17.8. The molecule has 2 aliphatic heterocycles. The number of primary amides is 1. The standard InChI is InChI=1S/C21H28N7O17P3/c22-17-12-19(25-7-24-17)28(8-26-12)21-16(44-46(33,34)35)14(30)11(43-21)6-41-48(38,39)45-47(36,37)40-5-10-13(29)15(31)20(42-10)27-3-1-2-9(4-27)18(23)32/h1-4,7-8,10-11,13-16,20-21,29-31H,5-6H2,(H7-,22,23,24,25,32,33,34,35,36,37,38,39)/t10?,11?,13?,14?,15?,16?,20-,21?/m1/s1. The lowest BCUT2D eigenvalue weighted by molar-refractivity contribution is -0.765. The molecule has 0 bridgehead atoms. The number of amides is 1. The van der Waals surface area contributed by atoms with Crippen LogP contribution in [0.4, 0.5) is 5.82 Å². The van der Waals surface area contributed by atoms with Crippen molar-refractivity contribution in [3.8, 4) is 0 Å². The van der Waals surface area contributed by atoms with Crippen molar-refractivity contribution in [3.05, 3.63) is 42.7 Å². The molecule has 0 saturated carbocycles. The molecule has 0 aliphatic carbocycles. The number of nitrogens with zero attached hydrogens (tertiary/aromatic N) is 5.